The van der Waals surface area contributed by atoms with Crippen LogP contribution < -0.4 is 5.32 Å². The molecule has 0 heterocycles. The Balaban J connectivity index is 1.48. The van der Waals surface area contributed by atoms with Gasteiger partial charge in [-0.15, -0.1) is 0 Å². The van der Waals surface area contributed by atoms with Gasteiger partial charge in [-0.25, -0.2) is 4.39 Å². The van der Waals surface area contributed by atoms with Crippen LogP contribution in [0.1, 0.15) is 57.4 Å². The van der Waals surface area contributed by atoms with E-state index in [1.807, 2.05) is 6.07 Å². The number of hydrogen-bond donors (Lipinski definition) is 1. The van der Waals surface area contributed by atoms with E-state index >= 15 is 0 Å². The summed E-state index contributed by atoms with van der Waals surface area (Å²) >= 11 is 0. The van der Waals surface area contributed by atoms with Crippen LogP contribution in [0.2, 0.25) is 0 Å². The zero-order chi connectivity index (χ0) is 14.1. The van der Waals surface area contributed by atoms with Gasteiger partial charge >= 0.3 is 0 Å². The number of rotatable bonds is 3. The molecule has 2 saturated carbocycles. The summed E-state index contributed by atoms with van der Waals surface area (Å²) < 4.78 is 13.2. The minimum absolute atomic E-state index is 0.103. The van der Waals surface area contributed by atoms with E-state index in [0.29, 0.717) is 18.0 Å². The summed E-state index contributed by atoms with van der Waals surface area (Å²) in [5.41, 5.74) is 1.17. The molecule has 0 spiro atoms. The summed E-state index contributed by atoms with van der Waals surface area (Å²) in [5.74, 6) is 2.17. The number of halogens is 1. The molecule has 0 saturated heterocycles. The normalized spacial score (nSPS) is 37.5. The van der Waals surface area contributed by atoms with Crippen LogP contribution in [0.5, 0.6) is 0 Å². The maximum absolute atomic E-state index is 13.2. The maximum atomic E-state index is 13.2. The maximum Gasteiger partial charge on any atom is 0.123 e. The first-order valence-corrected chi connectivity index (χ1v) is 8.11. The van der Waals surface area contributed by atoms with E-state index in [0.717, 1.165) is 11.8 Å². The Hall–Kier alpha value is -0.890. The lowest BCUT2D eigenvalue weighted by molar-refractivity contribution is 0.188. The van der Waals surface area contributed by atoms with E-state index in [1.54, 1.807) is 6.07 Å². The molecule has 0 aliphatic heterocycles. The first-order valence-electron chi connectivity index (χ1n) is 8.11. The van der Waals surface area contributed by atoms with Crippen molar-refractivity contribution >= 4 is 0 Å². The standard InChI is InChI=1S/C18H26FN/c1-12-6-13(2)8-17(7-12)20-18-10-15(11-18)14-4-3-5-16(19)9-14/h3-5,9,12-13,15,17-18,20H,6-8,10-11H2,1-2H3. The molecule has 1 nitrogen and oxygen atoms in total. The van der Waals surface area contributed by atoms with Gasteiger partial charge in [0, 0.05) is 12.1 Å². The molecule has 20 heavy (non-hydrogen) atoms. The van der Waals surface area contributed by atoms with Gasteiger partial charge in [0.05, 0.1) is 0 Å². The van der Waals surface area contributed by atoms with Crippen LogP contribution in [0.15, 0.2) is 24.3 Å². The number of benzene rings is 1. The second kappa shape index (κ2) is 5.85. The van der Waals surface area contributed by atoms with Gasteiger partial charge in [0.25, 0.3) is 0 Å². The quantitative estimate of drug-likeness (QED) is 0.857. The second-order valence-electron chi connectivity index (χ2n) is 7.20. The van der Waals surface area contributed by atoms with E-state index in [9.17, 15) is 4.39 Å². The predicted molar refractivity (Wildman–Crippen MR) is 81.3 cm³/mol. The van der Waals surface area contributed by atoms with Crippen LogP contribution >= 0.6 is 0 Å². The van der Waals surface area contributed by atoms with E-state index in [1.165, 1.54) is 43.7 Å². The zero-order valence-corrected chi connectivity index (χ0v) is 12.6. The molecule has 2 unspecified atom stereocenters. The van der Waals surface area contributed by atoms with Gasteiger partial charge < -0.3 is 5.32 Å². The summed E-state index contributed by atoms with van der Waals surface area (Å²) in [6, 6.07) is 8.47. The van der Waals surface area contributed by atoms with Crippen molar-refractivity contribution < 1.29 is 4.39 Å². The van der Waals surface area contributed by atoms with Gasteiger partial charge in [-0.05, 0) is 67.6 Å². The first-order chi connectivity index (χ1) is 9.60. The molecular formula is C18H26FN. The lowest BCUT2D eigenvalue weighted by Gasteiger charge is -2.41. The molecule has 1 aromatic carbocycles. The Morgan fingerprint density at radius 3 is 2.25 bits per heavy atom. The number of nitrogens with one attached hydrogen (secondary N) is 1. The van der Waals surface area contributed by atoms with Gasteiger partial charge in [-0.2, -0.15) is 0 Å². The molecular weight excluding hydrogens is 249 g/mol. The third-order valence-corrected chi connectivity index (χ3v) is 5.11. The highest BCUT2D eigenvalue weighted by Crippen LogP contribution is 2.38. The Morgan fingerprint density at radius 1 is 0.950 bits per heavy atom. The second-order valence-corrected chi connectivity index (χ2v) is 7.20. The first kappa shape index (κ1) is 14.1. The molecule has 2 aliphatic carbocycles. The lowest BCUT2D eigenvalue weighted by atomic mass is 9.74. The summed E-state index contributed by atoms with van der Waals surface area (Å²) in [5, 5.41) is 3.84. The molecule has 110 valence electrons. The Kier molecular flexibility index (Phi) is 4.11. The highest BCUT2D eigenvalue weighted by atomic mass is 19.1. The average Bonchev–Trinajstić information content (AvgIpc) is 2.32. The molecule has 2 aliphatic rings. The third-order valence-electron chi connectivity index (χ3n) is 5.11. The lowest BCUT2D eigenvalue weighted by Crippen LogP contribution is -2.47. The van der Waals surface area contributed by atoms with E-state index in [2.05, 4.69) is 25.2 Å². The molecule has 0 bridgehead atoms. The summed E-state index contributed by atoms with van der Waals surface area (Å²) in [4.78, 5) is 0. The average molecular weight is 275 g/mol. The van der Waals surface area contributed by atoms with Gasteiger partial charge in [0.2, 0.25) is 0 Å². The van der Waals surface area contributed by atoms with Gasteiger partial charge in [-0.1, -0.05) is 26.0 Å². The van der Waals surface area contributed by atoms with E-state index in [4.69, 9.17) is 0 Å². The summed E-state index contributed by atoms with van der Waals surface area (Å²) in [7, 11) is 0. The third kappa shape index (κ3) is 3.22. The Labute approximate surface area is 122 Å². The molecule has 2 heteroatoms. The topological polar surface area (TPSA) is 12.0 Å². The van der Waals surface area contributed by atoms with Gasteiger partial charge in [0.15, 0.2) is 0 Å². The fourth-order valence-electron chi connectivity index (χ4n) is 4.20. The fraction of sp³-hybridized carbons (Fsp3) is 0.667. The van der Waals surface area contributed by atoms with Crippen LogP contribution in [-0.4, -0.2) is 12.1 Å². The van der Waals surface area contributed by atoms with Crippen molar-refractivity contribution in [3.05, 3.63) is 35.6 Å². The van der Waals surface area contributed by atoms with Gasteiger partial charge in [0.1, 0.15) is 5.82 Å². The van der Waals surface area contributed by atoms with Crippen LogP contribution in [0.4, 0.5) is 4.39 Å². The van der Waals surface area contributed by atoms with Crippen molar-refractivity contribution in [2.75, 3.05) is 0 Å². The molecule has 0 aromatic heterocycles. The monoisotopic (exact) mass is 275 g/mol. The van der Waals surface area contributed by atoms with Crippen LogP contribution in [0, 0.1) is 17.7 Å². The summed E-state index contributed by atoms with van der Waals surface area (Å²) in [6.07, 6.45) is 6.37. The fourth-order valence-corrected chi connectivity index (χ4v) is 4.20. The van der Waals surface area contributed by atoms with Crippen LogP contribution in [-0.2, 0) is 0 Å². The highest BCUT2D eigenvalue weighted by Gasteiger charge is 2.33. The highest BCUT2D eigenvalue weighted by molar-refractivity contribution is 5.23. The molecule has 1 aromatic rings. The molecule has 2 fully saturated rings. The van der Waals surface area contributed by atoms with Crippen molar-refractivity contribution in [3.63, 3.8) is 0 Å². The van der Waals surface area contributed by atoms with Crippen molar-refractivity contribution in [2.24, 2.45) is 11.8 Å². The van der Waals surface area contributed by atoms with Crippen molar-refractivity contribution in [1.82, 2.24) is 5.32 Å². The van der Waals surface area contributed by atoms with Gasteiger partial charge in [-0.3, -0.25) is 0 Å². The van der Waals surface area contributed by atoms with E-state index in [-0.39, 0.29) is 5.82 Å². The minimum Gasteiger partial charge on any atom is -0.311 e. The Bertz CT molecular complexity index is 442. The van der Waals surface area contributed by atoms with Crippen LogP contribution in [0.25, 0.3) is 0 Å². The smallest absolute Gasteiger partial charge is 0.123 e. The van der Waals surface area contributed by atoms with Crippen molar-refractivity contribution in [2.45, 2.75) is 64.0 Å². The zero-order valence-electron chi connectivity index (χ0n) is 12.6. The minimum atomic E-state index is -0.103. The molecule has 0 radical (unpaired) electrons. The molecule has 0 amide bonds. The van der Waals surface area contributed by atoms with Crippen LogP contribution in [0.3, 0.4) is 0 Å². The van der Waals surface area contributed by atoms with Crippen molar-refractivity contribution in [3.8, 4) is 0 Å². The number of hydrogen-bond acceptors (Lipinski definition) is 1. The van der Waals surface area contributed by atoms with Crippen molar-refractivity contribution in [1.29, 1.82) is 0 Å². The summed E-state index contributed by atoms with van der Waals surface area (Å²) in [6.45, 7) is 4.75. The van der Waals surface area contributed by atoms with E-state index < -0.39 is 0 Å². The molecule has 2 atom stereocenters. The predicted octanol–water partition coefficient (Wildman–Crippen LogP) is 4.49. The molecule has 1 N–H and O–H groups in total. The largest absolute Gasteiger partial charge is 0.311 e. The SMILES string of the molecule is CC1CC(C)CC(NC2CC(c3cccc(F)c3)C2)C1. The Morgan fingerprint density at radius 2 is 1.60 bits per heavy atom. The molecule has 3 rings (SSSR count).